The lowest BCUT2D eigenvalue weighted by Crippen LogP contribution is -2.38. The Hall–Kier alpha value is -2.99. The van der Waals surface area contributed by atoms with Gasteiger partial charge in [-0.3, -0.25) is 9.69 Å². The lowest BCUT2D eigenvalue weighted by molar-refractivity contribution is -0.121. The summed E-state index contributed by atoms with van der Waals surface area (Å²) < 4.78 is 5.43. The molecular formula is C23H26N4O2. The van der Waals surface area contributed by atoms with Gasteiger partial charge in [-0.15, -0.1) is 0 Å². The van der Waals surface area contributed by atoms with E-state index in [-0.39, 0.29) is 11.8 Å². The number of carbonyl (C=O) groups excluding carboxylic acids is 1. The number of para-hydroxylation sites is 1. The van der Waals surface area contributed by atoms with Crippen LogP contribution in [0.2, 0.25) is 0 Å². The molecule has 2 heterocycles. The molecule has 1 fully saturated rings. The first kappa shape index (κ1) is 19.3. The summed E-state index contributed by atoms with van der Waals surface area (Å²) in [6.07, 6.45) is 1.67. The number of nitrogens with one attached hydrogen (secondary N) is 1. The zero-order chi connectivity index (χ0) is 20.2. The maximum atomic E-state index is 12.6. The fourth-order valence-corrected chi connectivity index (χ4v) is 3.71. The van der Waals surface area contributed by atoms with E-state index >= 15 is 0 Å². The minimum absolute atomic E-state index is 0.0407. The van der Waals surface area contributed by atoms with Crippen molar-refractivity contribution in [3.8, 4) is 11.5 Å². The summed E-state index contributed by atoms with van der Waals surface area (Å²) in [6, 6.07) is 15.9. The Labute approximate surface area is 170 Å². The topological polar surface area (TPSA) is 71.3 Å². The number of amides is 1. The number of nitrogens with zero attached hydrogens (tertiary/aromatic N) is 3. The second-order valence-corrected chi connectivity index (χ2v) is 7.74. The van der Waals surface area contributed by atoms with Crippen LogP contribution in [0.25, 0.3) is 11.5 Å². The molecule has 0 aliphatic carbocycles. The third-order valence-electron chi connectivity index (χ3n) is 5.46. The highest BCUT2D eigenvalue weighted by Crippen LogP contribution is 2.23. The van der Waals surface area contributed by atoms with Gasteiger partial charge in [0.25, 0.3) is 5.89 Å². The number of anilines is 1. The molecule has 6 heteroatoms. The highest BCUT2D eigenvalue weighted by atomic mass is 16.5. The van der Waals surface area contributed by atoms with E-state index in [1.54, 1.807) is 0 Å². The molecule has 1 amide bonds. The summed E-state index contributed by atoms with van der Waals surface area (Å²) in [4.78, 5) is 19.4. The van der Waals surface area contributed by atoms with Crippen LogP contribution in [0.5, 0.6) is 0 Å². The van der Waals surface area contributed by atoms with Crippen molar-refractivity contribution in [1.82, 2.24) is 15.0 Å². The molecule has 0 bridgehead atoms. The molecule has 0 spiro atoms. The number of aryl methyl sites for hydroxylation is 2. The van der Waals surface area contributed by atoms with E-state index in [0.717, 1.165) is 48.3 Å². The van der Waals surface area contributed by atoms with Crippen LogP contribution in [0.15, 0.2) is 53.1 Å². The van der Waals surface area contributed by atoms with Gasteiger partial charge in [0.15, 0.2) is 5.82 Å². The number of aromatic nitrogens is 2. The molecule has 1 N–H and O–H groups in total. The lowest BCUT2D eigenvalue weighted by Gasteiger charge is -2.30. The SMILES string of the molecule is Cc1cccc(-c2nc(CN3CCC(C(=O)Nc4ccccc4C)CC3)no2)c1. The second kappa shape index (κ2) is 8.57. The molecule has 3 aromatic rings. The Morgan fingerprint density at radius 2 is 1.93 bits per heavy atom. The number of likely N-dealkylation sites (tertiary alicyclic amines) is 1. The fraction of sp³-hybridized carbons (Fsp3) is 0.348. The first-order chi connectivity index (χ1) is 14.1. The molecule has 0 saturated carbocycles. The van der Waals surface area contributed by atoms with Crippen molar-refractivity contribution in [2.75, 3.05) is 18.4 Å². The quantitative estimate of drug-likeness (QED) is 0.707. The summed E-state index contributed by atoms with van der Waals surface area (Å²) in [5, 5.41) is 7.20. The number of carbonyl (C=O) groups is 1. The van der Waals surface area contributed by atoms with Crippen LogP contribution in [-0.2, 0) is 11.3 Å². The van der Waals surface area contributed by atoms with Crippen molar-refractivity contribution >= 4 is 11.6 Å². The number of piperidine rings is 1. The number of hydrogen-bond acceptors (Lipinski definition) is 5. The van der Waals surface area contributed by atoms with Gasteiger partial charge in [-0.1, -0.05) is 41.1 Å². The van der Waals surface area contributed by atoms with Crippen molar-refractivity contribution < 1.29 is 9.32 Å². The minimum Gasteiger partial charge on any atom is -0.334 e. The zero-order valence-corrected chi connectivity index (χ0v) is 16.9. The van der Waals surface area contributed by atoms with Crippen molar-refractivity contribution in [2.24, 2.45) is 5.92 Å². The van der Waals surface area contributed by atoms with E-state index < -0.39 is 0 Å². The summed E-state index contributed by atoms with van der Waals surface area (Å²) in [7, 11) is 0. The number of hydrogen-bond donors (Lipinski definition) is 1. The van der Waals surface area contributed by atoms with Crippen molar-refractivity contribution in [3.05, 3.63) is 65.5 Å². The van der Waals surface area contributed by atoms with Crippen molar-refractivity contribution in [2.45, 2.75) is 33.2 Å². The third-order valence-corrected chi connectivity index (χ3v) is 5.46. The van der Waals surface area contributed by atoms with Crippen molar-refractivity contribution in [1.29, 1.82) is 0 Å². The van der Waals surface area contributed by atoms with E-state index in [1.807, 2.05) is 62.4 Å². The second-order valence-electron chi connectivity index (χ2n) is 7.74. The molecule has 0 atom stereocenters. The van der Waals surface area contributed by atoms with E-state index in [9.17, 15) is 4.79 Å². The normalized spacial score (nSPS) is 15.4. The van der Waals surface area contributed by atoms with Gasteiger partial charge in [0.05, 0.1) is 6.54 Å². The van der Waals surface area contributed by atoms with Crippen molar-refractivity contribution in [3.63, 3.8) is 0 Å². The zero-order valence-electron chi connectivity index (χ0n) is 16.9. The molecule has 29 heavy (non-hydrogen) atoms. The molecule has 1 aliphatic rings. The van der Waals surface area contributed by atoms with Crippen LogP contribution in [0.4, 0.5) is 5.69 Å². The first-order valence-corrected chi connectivity index (χ1v) is 10.1. The molecule has 2 aromatic carbocycles. The average molecular weight is 390 g/mol. The largest absolute Gasteiger partial charge is 0.334 e. The average Bonchev–Trinajstić information content (AvgIpc) is 3.19. The van der Waals surface area contributed by atoms with Crippen LogP contribution >= 0.6 is 0 Å². The van der Waals surface area contributed by atoms with Crippen LogP contribution in [-0.4, -0.2) is 34.0 Å². The molecule has 1 aliphatic heterocycles. The monoisotopic (exact) mass is 390 g/mol. The molecule has 1 aromatic heterocycles. The Balaban J connectivity index is 1.30. The Kier molecular flexibility index (Phi) is 5.71. The molecule has 0 unspecified atom stereocenters. The molecule has 150 valence electrons. The summed E-state index contributed by atoms with van der Waals surface area (Å²) >= 11 is 0. The van der Waals surface area contributed by atoms with Gasteiger partial charge < -0.3 is 9.84 Å². The van der Waals surface area contributed by atoms with E-state index in [4.69, 9.17) is 4.52 Å². The molecule has 0 radical (unpaired) electrons. The van der Waals surface area contributed by atoms with E-state index in [0.29, 0.717) is 18.3 Å². The van der Waals surface area contributed by atoms with Gasteiger partial charge in [0, 0.05) is 17.2 Å². The lowest BCUT2D eigenvalue weighted by atomic mass is 9.95. The minimum atomic E-state index is 0.0407. The number of rotatable bonds is 5. The van der Waals surface area contributed by atoms with Crippen LogP contribution in [0.3, 0.4) is 0 Å². The van der Waals surface area contributed by atoms with Gasteiger partial charge in [0.1, 0.15) is 0 Å². The van der Waals surface area contributed by atoms with Gasteiger partial charge in [-0.2, -0.15) is 4.98 Å². The summed E-state index contributed by atoms with van der Waals surface area (Å²) in [5.41, 5.74) is 4.08. The van der Waals surface area contributed by atoms with Gasteiger partial charge in [0.2, 0.25) is 5.91 Å². The maximum absolute atomic E-state index is 12.6. The predicted octanol–water partition coefficient (Wildman–Crippen LogP) is 4.20. The van der Waals surface area contributed by atoms with Crippen LogP contribution in [0, 0.1) is 19.8 Å². The highest BCUT2D eigenvalue weighted by molar-refractivity contribution is 5.93. The molecule has 1 saturated heterocycles. The summed E-state index contributed by atoms with van der Waals surface area (Å²) in [6.45, 7) is 6.39. The van der Waals surface area contributed by atoms with E-state index in [2.05, 4.69) is 20.4 Å². The highest BCUT2D eigenvalue weighted by Gasteiger charge is 2.26. The van der Waals surface area contributed by atoms with Gasteiger partial charge in [-0.05, 0) is 63.5 Å². The Morgan fingerprint density at radius 3 is 2.69 bits per heavy atom. The van der Waals surface area contributed by atoms with Crippen LogP contribution < -0.4 is 5.32 Å². The van der Waals surface area contributed by atoms with Gasteiger partial charge in [-0.25, -0.2) is 0 Å². The molecular weight excluding hydrogens is 364 g/mol. The first-order valence-electron chi connectivity index (χ1n) is 10.1. The standard InChI is InChI=1S/C23H26N4O2/c1-16-6-5-8-19(14-16)23-25-21(26-29-23)15-27-12-10-18(11-13-27)22(28)24-20-9-4-3-7-17(20)2/h3-9,14,18H,10-13,15H2,1-2H3,(H,24,28). The fourth-order valence-electron chi connectivity index (χ4n) is 3.71. The summed E-state index contributed by atoms with van der Waals surface area (Å²) in [5.74, 6) is 1.39. The predicted molar refractivity (Wildman–Crippen MR) is 112 cm³/mol. The van der Waals surface area contributed by atoms with E-state index in [1.165, 1.54) is 0 Å². The van der Waals surface area contributed by atoms with Crippen LogP contribution in [0.1, 0.15) is 29.8 Å². The number of benzene rings is 2. The maximum Gasteiger partial charge on any atom is 0.257 e. The molecule has 4 rings (SSSR count). The Morgan fingerprint density at radius 1 is 1.14 bits per heavy atom. The Bertz CT molecular complexity index is 990. The smallest absolute Gasteiger partial charge is 0.257 e. The van der Waals surface area contributed by atoms with Gasteiger partial charge >= 0.3 is 0 Å². The molecule has 6 nitrogen and oxygen atoms in total. The third kappa shape index (κ3) is 4.71.